The number of nitrogens with one attached hydrogen (secondary N) is 1. The number of rotatable bonds is 5. The maximum Gasteiger partial charge on any atom is 0.416 e. The molecular formula is C18H10ClF3N4O3S2. The van der Waals surface area contributed by atoms with E-state index in [9.17, 15) is 21.6 Å². The first kappa shape index (κ1) is 21.3. The highest BCUT2D eigenvalue weighted by atomic mass is 35.5. The number of aromatic nitrogens is 3. The van der Waals surface area contributed by atoms with Crippen molar-refractivity contribution in [2.24, 2.45) is 0 Å². The van der Waals surface area contributed by atoms with Crippen LogP contribution in [0.5, 0.6) is 11.6 Å². The number of nitrogens with zero attached hydrogens (tertiary/aromatic N) is 3. The number of alkyl halides is 3. The highest BCUT2D eigenvalue weighted by Gasteiger charge is 2.31. The van der Waals surface area contributed by atoms with Crippen molar-refractivity contribution in [2.45, 2.75) is 11.1 Å². The summed E-state index contributed by atoms with van der Waals surface area (Å²) in [6.07, 6.45) is -3.49. The van der Waals surface area contributed by atoms with Crippen LogP contribution in [0.25, 0.3) is 11.0 Å². The van der Waals surface area contributed by atoms with Crippen molar-refractivity contribution in [1.29, 1.82) is 0 Å². The minimum Gasteiger partial charge on any atom is -0.437 e. The van der Waals surface area contributed by atoms with Crippen LogP contribution in [0.4, 0.5) is 18.9 Å². The summed E-state index contributed by atoms with van der Waals surface area (Å²) in [6, 6.07) is 10.0. The third-order valence-corrected chi connectivity index (χ3v) is 6.21. The lowest BCUT2D eigenvalue weighted by Crippen LogP contribution is -2.13. The fourth-order valence-electron chi connectivity index (χ4n) is 2.55. The van der Waals surface area contributed by atoms with Gasteiger partial charge in [-0.25, -0.2) is 13.4 Å². The van der Waals surface area contributed by atoms with Gasteiger partial charge in [0.15, 0.2) is 0 Å². The van der Waals surface area contributed by atoms with Crippen LogP contribution in [0, 0.1) is 0 Å². The molecule has 0 aliphatic rings. The largest absolute Gasteiger partial charge is 0.437 e. The van der Waals surface area contributed by atoms with Crippen LogP contribution in [0.1, 0.15) is 5.56 Å². The standard InChI is InChI=1S/C18H10ClF3N4O3S2/c19-12-8-10(18(20,21)22)4-6-15(12)29-16-7-5-11(9-23-16)31(27,28)26-14-3-1-2-13-17(14)25-30-24-13/h1-9,26H. The second-order valence-corrected chi connectivity index (χ2v) is 8.74. The Bertz CT molecular complexity index is 1360. The Balaban J connectivity index is 1.53. The second kappa shape index (κ2) is 7.94. The summed E-state index contributed by atoms with van der Waals surface area (Å²) < 4.78 is 79.4. The maximum absolute atomic E-state index is 12.7. The van der Waals surface area contributed by atoms with Crippen molar-refractivity contribution in [3.05, 3.63) is 65.3 Å². The molecule has 0 radical (unpaired) electrons. The molecule has 0 bridgehead atoms. The fraction of sp³-hybridized carbons (Fsp3) is 0.0556. The first-order valence-electron chi connectivity index (χ1n) is 8.38. The van der Waals surface area contributed by atoms with E-state index in [1.54, 1.807) is 18.2 Å². The number of benzene rings is 2. The topological polar surface area (TPSA) is 94.1 Å². The molecule has 4 aromatic rings. The maximum atomic E-state index is 12.7. The summed E-state index contributed by atoms with van der Waals surface area (Å²) in [5.74, 6) is -0.106. The summed E-state index contributed by atoms with van der Waals surface area (Å²) in [5, 5.41) is -0.264. The number of sulfonamides is 1. The van der Waals surface area contributed by atoms with Crippen LogP contribution in [-0.2, 0) is 16.2 Å². The zero-order valence-corrected chi connectivity index (χ0v) is 17.5. The van der Waals surface area contributed by atoms with Crippen molar-refractivity contribution < 1.29 is 26.3 Å². The SMILES string of the molecule is O=S(=O)(Nc1cccc2nsnc12)c1ccc(Oc2ccc(C(F)(F)F)cc2Cl)nc1. The molecule has 2 heterocycles. The van der Waals surface area contributed by atoms with E-state index in [0.717, 1.165) is 36.1 Å². The molecule has 13 heteroatoms. The smallest absolute Gasteiger partial charge is 0.416 e. The quantitative estimate of drug-likeness (QED) is 0.408. The van der Waals surface area contributed by atoms with E-state index in [-0.39, 0.29) is 27.2 Å². The van der Waals surface area contributed by atoms with E-state index >= 15 is 0 Å². The van der Waals surface area contributed by atoms with Crippen molar-refractivity contribution in [1.82, 2.24) is 13.7 Å². The van der Waals surface area contributed by atoms with Crippen LogP contribution in [-0.4, -0.2) is 22.1 Å². The fourth-order valence-corrected chi connectivity index (χ4v) is 4.33. The van der Waals surface area contributed by atoms with Crippen molar-refractivity contribution >= 4 is 50.1 Å². The summed E-state index contributed by atoms with van der Waals surface area (Å²) in [7, 11) is -3.98. The molecule has 0 saturated carbocycles. The van der Waals surface area contributed by atoms with Gasteiger partial charge < -0.3 is 4.74 Å². The molecule has 160 valence electrons. The lowest BCUT2D eigenvalue weighted by Gasteiger charge is -2.11. The first-order chi connectivity index (χ1) is 14.6. The summed E-state index contributed by atoms with van der Waals surface area (Å²) in [5.41, 5.74) is 0.320. The lowest BCUT2D eigenvalue weighted by atomic mass is 10.2. The third-order valence-electron chi connectivity index (χ3n) is 4.02. The summed E-state index contributed by atoms with van der Waals surface area (Å²) in [6.45, 7) is 0. The molecular weight excluding hydrogens is 477 g/mol. The summed E-state index contributed by atoms with van der Waals surface area (Å²) >= 11 is 6.81. The van der Waals surface area contributed by atoms with Gasteiger partial charge in [-0.15, -0.1) is 0 Å². The Morgan fingerprint density at radius 2 is 1.87 bits per heavy atom. The minimum atomic E-state index is -4.54. The van der Waals surface area contributed by atoms with Gasteiger partial charge >= 0.3 is 6.18 Å². The Labute approximate surface area is 182 Å². The lowest BCUT2D eigenvalue weighted by molar-refractivity contribution is -0.137. The molecule has 31 heavy (non-hydrogen) atoms. The predicted molar refractivity (Wildman–Crippen MR) is 109 cm³/mol. The minimum absolute atomic E-state index is 0.0496. The summed E-state index contributed by atoms with van der Waals surface area (Å²) in [4.78, 5) is 3.74. The van der Waals surface area contributed by atoms with Crippen molar-refractivity contribution in [3.8, 4) is 11.6 Å². The van der Waals surface area contributed by atoms with Gasteiger partial charge in [-0.1, -0.05) is 17.7 Å². The normalized spacial score (nSPS) is 12.1. The molecule has 0 atom stereocenters. The van der Waals surface area contributed by atoms with Crippen LogP contribution in [0.15, 0.2) is 59.6 Å². The molecule has 0 unspecified atom stereocenters. The predicted octanol–water partition coefficient (Wildman–Crippen LogP) is 5.35. The average Bonchev–Trinajstić information content (AvgIpc) is 3.19. The molecule has 7 nitrogen and oxygen atoms in total. The van der Waals surface area contributed by atoms with Crippen molar-refractivity contribution in [3.63, 3.8) is 0 Å². The van der Waals surface area contributed by atoms with Gasteiger partial charge in [0.25, 0.3) is 10.0 Å². The Morgan fingerprint density at radius 1 is 1.06 bits per heavy atom. The second-order valence-electron chi connectivity index (χ2n) is 6.12. The Morgan fingerprint density at radius 3 is 2.55 bits per heavy atom. The number of hydrogen-bond donors (Lipinski definition) is 1. The van der Waals surface area contributed by atoms with Gasteiger partial charge in [0.05, 0.1) is 34.2 Å². The van der Waals surface area contributed by atoms with Crippen LogP contribution < -0.4 is 9.46 Å². The molecule has 0 aliphatic carbocycles. The van der Waals surface area contributed by atoms with Gasteiger partial charge in [0.2, 0.25) is 5.88 Å². The van der Waals surface area contributed by atoms with E-state index in [0.29, 0.717) is 11.0 Å². The van der Waals surface area contributed by atoms with E-state index in [1.165, 1.54) is 12.1 Å². The molecule has 2 aromatic heterocycles. The van der Waals surface area contributed by atoms with E-state index < -0.39 is 21.8 Å². The van der Waals surface area contributed by atoms with E-state index in [2.05, 4.69) is 18.5 Å². The number of ether oxygens (including phenoxy) is 1. The van der Waals surface area contributed by atoms with Crippen LogP contribution in [0.2, 0.25) is 5.02 Å². The number of halogens is 4. The van der Waals surface area contributed by atoms with Gasteiger partial charge in [-0.3, -0.25) is 4.72 Å². The number of anilines is 1. The Kier molecular flexibility index (Phi) is 5.45. The monoisotopic (exact) mass is 486 g/mol. The Hall–Kier alpha value is -2.96. The van der Waals surface area contributed by atoms with Gasteiger partial charge in [-0.2, -0.15) is 21.9 Å². The third kappa shape index (κ3) is 4.55. The van der Waals surface area contributed by atoms with E-state index in [4.69, 9.17) is 16.3 Å². The molecule has 0 spiro atoms. The molecule has 0 saturated heterocycles. The molecule has 4 rings (SSSR count). The molecule has 0 amide bonds. The van der Waals surface area contributed by atoms with Crippen LogP contribution >= 0.6 is 23.3 Å². The van der Waals surface area contributed by atoms with Crippen molar-refractivity contribution in [2.75, 3.05) is 4.72 Å². The average molecular weight is 487 g/mol. The zero-order valence-electron chi connectivity index (χ0n) is 15.1. The van der Waals surface area contributed by atoms with Crippen LogP contribution in [0.3, 0.4) is 0 Å². The number of hydrogen-bond acceptors (Lipinski definition) is 7. The molecule has 2 aromatic carbocycles. The highest BCUT2D eigenvalue weighted by Crippen LogP contribution is 2.36. The molecule has 0 fully saturated rings. The number of pyridine rings is 1. The van der Waals surface area contributed by atoms with Gasteiger partial charge in [-0.05, 0) is 36.4 Å². The van der Waals surface area contributed by atoms with Gasteiger partial charge in [0.1, 0.15) is 21.7 Å². The number of fused-ring (bicyclic) bond motifs is 1. The molecule has 1 N–H and O–H groups in total. The van der Waals surface area contributed by atoms with Gasteiger partial charge in [0, 0.05) is 6.07 Å². The highest BCUT2D eigenvalue weighted by molar-refractivity contribution is 7.92. The zero-order chi connectivity index (χ0) is 22.2. The first-order valence-corrected chi connectivity index (χ1v) is 11.0. The van der Waals surface area contributed by atoms with E-state index in [1.807, 2.05) is 0 Å². The molecule has 0 aliphatic heterocycles.